The first kappa shape index (κ1) is 17.7. The van der Waals surface area contributed by atoms with Crippen LogP contribution in [0, 0.1) is 0 Å². The van der Waals surface area contributed by atoms with E-state index < -0.39 is 0 Å². The molecule has 140 valence electrons. The number of rotatable bonds is 5. The fourth-order valence-electron chi connectivity index (χ4n) is 4.09. The Balaban J connectivity index is 1.42. The number of hydrogen-bond donors (Lipinski definition) is 0. The smallest absolute Gasteiger partial charge is 0.265 e. The van der Waals surface area contributed by atoms with Crippen LogP contribution in [-0.2, 0) is 13.1 Å². The summed E-state index contributed by atoms with van der Waals surface area (Å²) in [5.74, 6) is 1.58. The van der Waals surface area contributed by atoms with E-state index in [1.165, 1.54) is 12.8 Å². The number of aromatic nitrogens is 3. The quantitative estimate of drug-likeness (QED) is 0.809. The van der Waals surface area contributed by atoms with Crippen molar-refractivity contribution in [1.29, 1.82) is 0 Å². The lowest BCUT2D eigenvalue weighted by Crippen LogP contribution is -2.39. The van der Waals surface area contributed by atoms with Crippen molar-refractivity contribution in [3.8, 4) is 0 Å². The highest BCUT2D eigenvalue weighted by Crippen LogP contribution is 2.28. The molecule has 0 radical (unpaired) electrons. The van der Waals surface area contributed by atoms with Crippen molar-refractivity contribution in [2.45, 2.75) is 51.6 Å². The highest BCUT2D eigenvalue weighted by molar-refractivity contribution is 7.13. The maximum Gasteiger partial charge on any atom is 0.265 e. The molecule has 0 aromatic carbocycles. The minimum atomic E-state index is 0.134. The predicted molar refractivity (Wildman–Crippen MR) is 102 cm³/mol. The van der Waals surface area contributed by atoms with Gasteiger partial charge in [-0.1, -0.05) is 0 Å². The molecule has 4 rings (SSSR count). The van der Waals surface area contributed by atoms with Gasteiger partial charge in [0.15, 0.2) is 0 Å². The topological polar surface area (TPSA) is 54.3 Å². The van der Waals surface area contributed by atoms with Gasteiger partial charge in [0.2, 0.25) is 0 Å². The normalized spacial score (nSPS) is 21.4. The lowest BCUT2D eigenvalue weighted by Gasteiger charge is -2.32. The Hall–Kier alpha value is -1.73. The van der Waals surface area contributed by atoms with Gasteiger partial charge in [-0.3, -0.25) is 9.69 Å². The third-order valence-electron chi connectivity index (χ3n) is 5.48. The number of thiazole rings is 1. The molecule has 0 saturated carbocycles. The van der Waals surface area contributed by atoms with Crippen LogP contribution < -0.4 is 0 Å². The zero-order chi connectivity index (χ0) is 17.9. The molecule has 0 aliphatic carbocycles. The number of hydrogen-bond acceptors (Lipinski definition) is 5. The molecule has 6 nitrogen and oxygen atoms in total. The summed E-state index contributed by atoms with van der Waals surface area (Å²) in [5.41, 5.74) is 0. The molecule has 1 atom stereocenters. The zero-order valence-electron chi connectivity index (χ0n) is 15.4. The van der Waals surface area contributed by atoms with Crippen LogP contribution in [-0.4, -0.2) is 56.4 Å². The lowest BCUT2D eigenvalue weighted by molar-refractivity contribution is 0.0708. The van der Waals surface area contributed by atoms with E-state index in [0.29, 0.717) is 5.92 Å². The third kappa shape index (κ3) is 3.69. The number of likely N-dealkylation sites (tertiary alicyclic amines) is 2. The van der Waals surface area contributed by atoms with Crippen LogP contribution in [0.25, 0.3) is 0 Å². The van der Waals surface area contributed by atoms with E-state index in [0.717, 1.165) is 67.8 Å². The highest BCUT2D eigenvalue weighted by atomic mass is 32.1. The number of amides is 1. The van der Waals surface area contributed by atoms with E-state index >= 15 is 0 Å². The Bertz CT molecular complexity index is 749. The molecule has 2 aliphatic heterocycles. The van der Waals surface area contributed by atoms with Crippen LogP contribution in [0.15, 0.2) is 18.6 Å². The predicted octanol–water partition coefficient (Wildman–Crippen LogP) is 2.98. The van der Waals surface area contributed by atoms with Gasteiger partial charge in [-0.15, -0.1) is 11.3 Å². The van der Waals surface area contributed by atoms with Gasteiger partial charge in [0.1, 0.15) is 15.7 Å². The van der Waals surface area contributed by atoms with E-state index in [4.69, 9.17) is 0 Å². The molecule has 2 aromatic heterocycles. The van der Waals surface area contributed by atoms with Gasteiger partial charge in [0.25, 0.3) is 5.91 Å². The molecule has 1 amide bonds. The Kier molecular flexibility index (Phi) is 5.36. The van der Waals surface area contributed by atoms with Crippen LogP contribution >= 0.6 is 11.3 Å². The molecular formula is C19H27N5OS. The number of carbonyl (C=O) groups is 1. The fourth-order valence-corrected chi connectivity index (χ4v) is 5.02. The van der Waals surface area contributed by atoms with Crippen LogP contribution in [0.3, 0.4) is 0 Å². The van der Waals surface area contributed by atoms with Gasteiger partial charge in [-0.05, 0) is 45.7 Å². The average Bonchev–Trinajstić information content (AvgIpc) is 3.43. The molecule has 0 N–H and O–H groups in total. The van der Waals surface area contributed by atoms with Crippen molar-refractivity contribution in [3.05, 3.63) is 34.3 Å². The van der Waals surface area contributed by atoms with E-state index in [2.05, 4.69) is 26.4 Å². The Morgan fingerprint density at radius 1 is 1.23 bits per heavy atom. The second-order valence-corrected chi connectivity index (χ2v) is 8.38. The van der Waals surface area contributed by atoms with Crippen LogP contribution in [0.2, 0.25) is 0 Å². The molecule has 2 saturated heterocycles. The molecule has 4 heterocycles. The summed E-state index contributed by atoms with van der Waals surface area (Å²) in [7, 11) is 0. The van der Waals surface area contributed by atoms with Crippen LogP contribution in [0.1, 0.15) is 59.0 Å². The Morgan fingerprint density at radius 3 is 2.88 bits per heavy atom. The molecule has 0 spiro atoms. The maximum absolute atomic E-state index is 13.0. The first-order valence-corrected chi connectivity index (χ1v) is 10.5. The van der Waals surface area contributed by atoms with Crippen molar-refractivity contribution >= 4 is 17.2 Å². The minimum Gasteiger partial charge on any atom is -0.337 e. The first-order valence-electron chi connectivity index (χ1n) is 9.72. The molecule has 2 aromatic rings. The largest absolute Gasteiger partial charge is 0.337 e. The lowest BCUT2D eigenvalue weighted by atomic mass is 9.97. The first-order chi connectivity index (χ1) is 12.7. The summed E-state index contributed by atoms with van der Waals surface area (Å²) < 4.78 is 2.19. The van der Waals surface area contributed by atoms with E-state index in [1.807, 2.05) is 17.3 Å². The number of aryl methyl sites for hydroxylation is 1. The summed E-state index contributed by atoms with van der Waals surface area (Å²) in [5, 5.41) is 1.06. The average molecular weight is 374 g/mol. The molecule has 1 unspecified atom stereocenters. The third-order valence-corrected chi connectivity index (χ3v) is 6.45. The summed E-state index contributed by atoms with van der Waals surface area (Å²) in [6.45, 7) is 7.84. The number of imidazole rings is 1. The van der Waals surface area contributed by atoms with Crippen molar-refractivity contribution in [1.82, 2.24) is 24.3 Å². The van der Waals surface area contributed by atoms with Gasteiger partial charge >= 0.3 is 0 Å². The zero-order valence-corrected chi connectivity index (χ0v) is 16.2. The van der Waals surface area contributed by atoms with E-state index in [1.54, 1.807) is 17.5 Å². The number of carbonyl (C=O) groups excluding carboxylic acids is 1. The second kappa shape index (κ2) is 7.88. The maximum atomic E-state index is 13.0. The molecule has 2 aliphatic rings. The van der Waals surface area contributed by atoms with E-state index in [-0.39, 0.29) is 5.91 Å². The second-order valence-electron chi connectivity index (χ2n) is 7.26. The monoisotopic (exact) mass is 373 g/mol. The minimum absolute atomic E-state index is 0.134. The molecule has 0 bridgehead atoms. The van der Waals surface area contributed by atoms with Gasteiger partial charge in [0, 0.05) is 37.9 Å². The van der Waals surface area contributed by atoms with Gasteiger partial charge in [-0.2, -0.15) is 0 Å². The Labute approximate surface area is 158 Å². The van der Waals surface area contributed by atoms with Crippen LogP contribution in [0.4, 0.5) is 0 Å². The van der Waals surface area contributed by atoms with Crippen molar-refractivity contribution in [3.63, 3.8) is 0 Å². The summed E-state index contributed by atoms with van der Waals surface area (Å²) in [4.78, 5) is 27.2. The molecule has 26 heavy (non-hydrogen) atoms. The summed E-state index contributed by atoms with van der Waals surface area (Å²) in [6.07, 6.45) is 10.4. The van der Waals surface area contributed by atoms with Crippen molar-refractivity contribution in [2.75, 3.05) is 26.2 Å². The summed E-state index contributed by atoms with van der Waals surface area (Å²) in [6, 6.07) is 0. The van der Waals surface area contributed by atoms with Crippen molar-refractivity contribution in [2.24, 2.45) is 0 Å². The van der Waals surface area contributed by atoms with Gasteiger partial charge in [0.05, 0.1) is 12.7 Å². The number of piperidine rings is 1. The van der Waals surface area contributed by atoms with Crippen molar-refractivity contribution < 1.29 is 4.79 Å². The molecule has 2 fully saturated rings. The summed E-state index contributed by atoms with van der Waals surface area (Å²) >= 11 is 1.56. The van der Waals surface area contributed by atoms with Gasteiger partial charge < -0.3 is 9.47 Å². The van der Waals surface area contributed by atoms with Gasteiger partial charge in [-0.25, -0.2) is 9.97 Å². The Morgan fingerprint density at radius 2 is 2.08 bits per heavy atom. The number of nitrogens with zero attached hydrogens (tertiary/aromatic N) is 5. The molecule has 7 heteroatoms. The standard InChI is InChI=1S/C19H27N5OS/c1-2-23-11-7-20-18(23)15-6-5-10-24(13-15)19(25)16-12-21-17(26-16)14-22-8-3-4-9-22/h7,11-12,15H,2-6,8-10,13-14H2,1H3. The highest BCUT2D eigenvalue weighted by Gasteiger charge is 2.29. The SMILES string of the molecule is CCn1ccnc1C1CCCN(C(=O)c2cnc(CN3CCCC3)s2)C1. The molecular weight excluding hydrogens is 346 g/mol. The van der Waals surface area contributed by atoms with Crippen LogP contribution in [0.5, 0.6) is 0 Å². The van der Waals surface area contributed by atoms with E-state index in [9.17, 15) is 4.79 Å². The fraction of sp³-hybridized carbons (Fsp3) is 0.632.